The maximum Gasteiger partial charge on any atom is 0.322 e. The zero-order chi connectivity index (χ0) is 14.9. The molecule has 20 heavy (non-hydrogen) atoms. The second kappa shape index (κ2) is 5.69. The molecule has 2 aliphatic rings. The number of carbonyl (C=O) groups excluding carboxylic acids is 1. The van der Waals surface area contributed by atoms with Gasteiger partial charge in [0.2, 0.25) is 10.0 Å². The molecule has 0 aromatic heterocycles. The summed E-state index contributed by atoms with van der Waals surface area (Å²) in [6.45, 7) is 0.212. The molecule has 0 amide bonds. The predicted molar refractivity (Wildman–Crippen MR) is 69.4 cm³/mol. The van der Waals surface area contributed by atoms with Gasteiger partial charge in [-0.2, -0.15) is 4.31 Å². The van der Waals surface area contributed by atoms with Gasteiger partial charge >= 0.3 is 11.9 Å². The van der Waals surface area contributed by atoms with E-state index in [9.17, 15) is 18.0 Å². The molecule has 0 aromatic carbocycles. The Bertz CT molecular complexity index is 502. The molecule has 1 aliphatic carbocycles. The van der Waals surface area contributed by atoms with Crippen molar-refractivity contribution in [1.29, 1.82) is 0 Å². The highest BCUT2D eigenvalue weighted by molar-refractivity contribution is 7.89. The van der Waals surface area contributed by atoms with Gasteiger partial charge in [-0.05, 0) is 25.7 Å². The highest BCUT2D eigenvalue weighted by Crippen LogP contribution is 2.36. The number of methoxy groups -OCH3 is 1. The van der Waals surface area contributed by atoms with Crippen molar-refractivity contribution in [1.82, 2.24) is 4.31 Å². The van der Waals surface area contributed by atoms with Gasteiger partial charge in [-0.3, -0.25) is 9.59 Å². The van der Waals surface area contributed by atoms with Gasteiger partial charge < -0.3 is 9.84 Å². The van der Waals surface area contributed by atoms with Crippen molar-refractivity contribution < 1.29 is 27.9 Å². The zero-order valence-electron chi connectivity index (χ0n) is 11.3. The van der Waals surface area contributed by atoms with Crippen LogP contribution in [0.4, 0.5) is 0 Å². The van der Waals surface area contributed by atoms with E-state index in [0.717, 1.165) is 4.31 Å². The third-order valence-corrected chi connectivity index (χ3v) is 6.57. The quantitative estimate of drug-likeness (QED) is 0.745. The predicted octanol–water partition coefficient (Wildman–Crippen LogP) is 0.207. The Morgan fingerprint density at radius 3 is 2.50 bits per heavy atom. The molecule has 1 heterocycles. The number of carboxylic acids is 1. The van der Waals surface area contributed by atoms with Crippen LogP contribution in [0.3, 0.4) is 0 Å². The lowest BCUT2D eigenvalue weighted by Crippen LogP contribution is -2.47. The number of hydrogen-bond donors (Lipinski definition) is 1. The van der Waals surface area contributed by atoms with E-state index in [2.05, 4.69) is 4.74 Å². The van der Waals surface area contributed by atoms with E-state index in [1.54, 1.807) is 0 Å². The van der Waals surface area contributed by atoms with Gasteiger partial charge in [0, 0.05) is 6.54 Å². The topological polar surface area (TPSA) is 101 Å². The minimum atomic E-state index is -3.79. The lowest BCUT2D eigenvalue weighted by atomic mass is 10.1. The van der Waals surface area contributed by atoms with E-state index >= 15 is 0 Å². The van der Waals surface area contributed by atoms with Crippen molar-refractivity contribution in [2.24, 2.45) is 5.92 Å². The maximum absolute atomic E-state index is 12.6. The Hall–Kier alpha value is -1.15. The average molecular weight is 305 g/mol. The molecule has 1 saturated carbocycles. The van der Waals surface area contributed by atoms with Gasteiger partial charge in [0.1, 0.15) is 6.04 Å². The summed E-state index contributed by atoms with van der Waals surface area (Å²) in [6, 6.07) is -1.00. The Labute approximate surface area is 117 Å². The lowest BCUT2D eigenvalue weighted by Gasteiger charge is -2.27. The fourth-order valence-corrected chi connectivity index (χ4v) is 5.58. The molecule has 2 rings (SSSR count). The molecular weight excluding hydrogens is 286 g/mol. The molecule has 0 aromatic rings. The standard InChI is InChI=1S/C12H19NO6S/c1-19-12(16)8-4-2-6-10(8)20(17,18)13-7-3-5-9(13)11(14)15/h8-10H,2-7H2,1H3,(H,14,15)/t8?,9-,10?/m0/s1. The number of ether oxygens (including phenoxy) is 1. The Balaban J connectivity index is 2.25. The highest BCUT2D eigenvalue weighted by Gasteiger charge is 2.48. The second-order valence-corrected chi connectivity index (χ2v) is 7.36. The van der Waals surface area contributed by atoms with Crippen LogP contribution in [-0.4, -0.2) is 54.7 Å². The summed E-state index contributed by atoms with van der Waals surface area (Å²) >= 11 is 0. The number of rotatable bonds is 4. The molecule has 2 unspecified atom stereocenters. The van der Waals surface area contributed by atoms with Gasteiger partial charge in [-0.1, -0.05) is 6.42 Å². The molecule has 7 nitrogen and oxygen atoms in total. The number of hydrogen-bond acceptors (Lipinski definition) is 5. The van der Waals surface area contributed by atoms with Gasteiger partial charge in [0.15, 0.2) is 0 Å². The Morgan fingerprint density at radius 1 is 1.20 bits per heavy atom. The molecular formula is C12H19NO6S. The van der Waals surface area contributed by atoms with Gasteiger partial charge in [0.05, 0.1) is 18.3 Å². The van der Waals surface area contributed by atoms with Gasteiger partial charge in [0.25, 0.3) is 0 Å². The van der Waals surface area contributed by atoms with Crippen molar-refractivity contribution in [2.75, 3.05) is 13.7 Å². The molecule has 2 fully saturated rings. The molecule has 0 radical (unpaired) electrons. The van der Waals surface area contributed by atoms with E-state index in [-0.39, 0.29) is 6.54 Å². The third-order valence-electron chi connectivity index (χ3n) is 4.15. The number of aliphatic carboxylic acids is 1. The zero-order valence-corrected chi connectivity index (χ0v) is 12.1. The minimum absolute atomic E-state index is 0.212. The monoisotopic (exact) mass is 305 g/mol. The summed E-state index contributed by atoms with van der Waals surface area (Å²) in [4.78, 5) is 22.8. The molecule has 8 heteroatoms. The summed E-state index contributed by atoms with van der Waals surface area (Å²) in [5, 5.41) is 8.26. The smallest absolute Gasteiger partial charge is 0.322 e. The van der Waals surface area contributed by atoms with Gasteiger partial charge in [-0.25, -0.2) is 8.42 Å². The molecule has 1 aliphatic heterocycles. The largest absolute Gasteiger partial charge is 0.480 e. The third kappa shape index (κ3) is 2.54. The Morgan fingerprint density at radius 2 is 1.90 bits per heavy atom. The van der Waals surface area contributed by atoms with Crippen LogP contribution in [0.1, 0.15) is 32.1 Å². The summed E-state index contributed by atoms with van der Waals surface area (Å²) < 4.78 is 31.0. The SMILES string of the molecule is COC(=O)C1CCCC1S(=O)(=O)N1CCC[C@H]1C(=O)O. The van der Waals surface area contributed by atoms with Crippen LogP contribution in [0.15, 0.2) is 0 Å². The summed E-state index contributed by atoms with van der Waals surface area (Å²) in [5.74, 6) is -2.33. The van der Waals surface area contributed by atoms with Crippen molar-refractivity contribution in [3.05, 3.63) is 0 Å². The first-order chi connectivity index (χ1) is 9.39. The van der Waals surface area contributed by atoms with E-state index in [4.69, 9.17) is 5.11 Å². The highest BCUT2D eigenvalue weighted by atomic mass is 32.2. The number of carbonyl (C=O) groups is 2. The fraction of sp³-hybridized carbons (Fsp3) is 0.833. The minimum Gasteiger partial charge on any atom is -0.480 e. The fourth-order valence-electron chi connectivity index (χ4n) is 3.17. The van der Waals surface area contributed by atoms with Crippen molar-refractivity contribution in [2.45, 2.75) is 43.4 Å². The van der Waals surface area contributed by atoms with Crippen LogP contribution in [0.2, 0.25) is 0 Å². The molecule has 1 saturated heterocycles. The number of sulfonamides is 1. The van der Waals surface area contributed by atoms with Gasteiger partial charge in [-0.15, -0.1) is 0 Å². The summed E-state index contributed by atoms with van der Waals surface area (Å²) in [6.07, 6.45) is 2.35. The van der Waals surface area contributed by atoms with Crippen LogP contribution in [0, 0.1) is 5.92 Å². The first-order valence-corrected chi connectivity index (χ1v) is 8.21. The van der Waals surface area contributed by atoms with Crippen LogP contribution >= 0.6 is 0 Å². The summed E-state index contributed by atoms with van der Waals surface area (Å²) in [5.41, 5.74) is 0. The van der Waals surface area contributed by atoms with E-state index < -0.39 is 39.2 Å². The van der Waals surface area contributed by atoms with Crippen LogP contribution < -0.4 is 0 Å². The molecule has 3 atom stereocenters. The average Bonchev–Trinajstić information content (AvgIpc) is 3.06. The molecule has 0 spiro atoms. The maximum atomic E-state index is 12.6. The van der Waals surface area contributed by atoms with Crippen molar-refractivity contribution >= 4 is 22.0 Å². The molecule has 114 valence electrons. The molecule has 1 N–H and O–H groups in total. The van der Waals surface area contributed by atoms with Crippen LogP contribution in [0.25, 0.3) is 0 Å². The Kier molecular flexibility index (Phi) is 4.33. The second-order valence-electron chi connectivity index (χ2n) is 5.25. The van der Waals surface area contributed by atoms with Crippen LogP contribution in [-0.2, 0) is 24.3 Å². The number of nitrogens with zero attached hydrogens (tertiary/aromatic N) is 1. The lowest BCUT2D eigenvalue weighted by molar-refractivity contribution is -0.145. The normalized spacial score (nSPS) is 31.4. The van der Waals surface area contributed by atoms with Crippen molar-refractivity contribution in [3.8, 4) is 0 Å². The number of esters is 1. The van der Waals surface area contributed by atoms with E-state index in [1.165, 1.54) is 7.11 Å². The van der Waals surface area contributed by atoms with Crippen LogP contribution in [0.5, 0.6) is 0 Å². The van der Waals surface area contributed by atoms with E-state index in [0.29, 0.717) is 32.1 Å². The first-order valence-electron chi connectivity index (χ1n) is 6.71. The first kappa shape index (κ1) is 15.2. The van der Waals surface area contributed by atoms with Crippen molar-refractivity contribution in [3.63, 3.8) is 0 Å². The van der Waals surface area contributed by atoms with E-state index in [1.807, 2.05) is 0 Å². The molecule has 0 bridgehead atoms. The number of carboxylic acid groups (broad SMARTS) is 1. The summed E-state index contributed by atoms with van der Waals surface area (Å²) in [7, 11) is -2.55.